The van der Waals surface area contributed by atoms with Crippen molar-refractivity contribution < 1.29 is 18.0 Å². The summed E-state index contributed by atoms with van der Waals surface area (Å²) < 4.78 is 39.9. The topological polar surface area (TPSA) is 32.3 Å². The molecule has 0 spiro atoms. The van der Waals surface area contributed by atoms with E-state index >= 15 is 0 Å². The van der Waals surface area contributed by atoms with Gasteiger partial charge in [0.05, 0.1) is 6.04 Å². The van der Waals surface area contributed by atoms with Gasteiger partial charge in [-0.2, -0.15) is 0 Å². The third-order valence-electron chi connectivity index (χ3n) is 3.70. The highest BCUT2D eigenvalue weighted by atomic mass is 35.5. The summed E-state index contributed by atoms with van der Waals surface area (Å²) >= 11 is 5.98. The summed E-state index contributed by atoms with van der Waals surface area (Å²) in [4.78, 5) is 13.8. The lowest BCUT2D eigenvalue weighted by molar-refractivity contribution is -0.120. The molecule has 0 aliphatic heterocycles. The van der Waals surface area contributed by atoms with E-state index in [1.807, 2.05) is 0 Å². The Kier molecular flexibility index (Phi) is 5.85. The lowest BCUT2D eigenvalue weighted by Crippen LogP contribution is -2.39. The Morgan fingerprint density at radius 3 is 2.50 bits per heavy atom. The fraction of sp³-hybridized carbons (Fsp3) is 0.235. The minimum Gasteiger partial charge on any atom is -0.325 e. The first kappa shape index (κ1) is 18.3. The van der Waals surface area contributed by atoms with E-state index in [0.29, 0.717) is 0 Å². The van der Waals surface area contributed by atoms with Gasteiger partial charge in [-0.05, 0) is 38.2 Å². The maximum Gasteiger partial charge on any atom is 0.241 e. The van der Waals surface area contributed by atoms with Gasteiger partial charge < -0.3 is 5.32 Å². The first-order valence-electron chi connectivity index (χ1n) is 7.18. The van der Waals surface area contributed by atoms with Crippen molar-refractivity contribution in [2.75, 3.05) is 12.4 Å². The second-order valence-electron chi connectivity index (χ2n) is 5.41. The fourth-order valence-electron chi connectivity index (χ4n) is 2.09. The Labute approximate surface area is 143 Å². The van der Waals surface area contributed by atoms with Crippen LogP contribution in [0.5, 0.6) is 0 Å². The average molecular weight is 357 g/mol. The van der Waals surface area contributed by atoms with Crippen LogP contribution in [0.4, 0.5) is 18.9 Å². The van der Waals surface area contributed by atoms with Crippen molar-refractivity contribution in [3.63, 3.8) is 0 Å². The lowest BCUT2D eigenvalue weighted by atomic mass is 10.1. The highest BCUT2D eigenvalue weighted by Gasteiger charge is 2.20. The largest absolute Gasteiger partial charge is 0.325 e. The number of amides is 1. The molecule has 24 heavy (non-hydrogen) atoms. The zero-order valence-electron chi connectivity index (χ0n) is 13.1. The molecule has 0 radical (unpaired) electrons. The van der Waals surface area contributed by atoms with Gasteiger partial charge in [-0.25, -0.2) is 13.2 Å². The molecule has 0 aliphatic rings. The Bertz CT molecular complexity index is 734. The summed E-state index contributed by atoms with van der Waals surface area (Å²) in [5.41, 5.74) is 0.428. The van der Waals surface area contributed by atoms with Crippen molar-refractivity contribution in [2.45, 2.75) is 19.5 Å². The van der Waals surface area contributed by atoms with Gasteiger partial charge in [0.2, 0.25) is 5.91 Å². The van der Waals surface area contributed by atoms with Crippen LogP contribution in [0.3, 0.4) is 0 Å². The van der Waals surface area contributed by atoms with Gasteiger partial charge in [-0.1, -0.05) is 17.7 Å². The molecular formula is C17H16ClF3N2O. The van der Waals surface area contributed by atoms with E-state index in [1.54, 1.807) is 24.9 Å². The summed E-state index contributed by atoms with van der Waals surface area (Å²) in [5.74, 6) is -2.93. The summed E-state index contributed by atoms with van der Waals surface area (Å²) in [5, 5.41) is 2.76. The predicted molar refractivity (Wildman–Crippen MR) is 87.3 cm³/mol. The molecular weight excluding hydrogens is 341 g/mol. The molecule has 2 aromatic carbocycles. The van der Waals surface area contributed by atoms with Crippen LogP contribution in [0.1, 0.15) is 12.5 Å². The minimum absolute atomic E-state index is 0.123. The monoisotopic (exact) mass is 356 g/mol. The number of hydrogen-bond acceptors (Lipinski definition) is 2. The lowest BCUT2D eigenvalue weighted by Gasteiger charge is -2.24. The molecule has 0 bridgehead atoms. The number of halogens is 4. The molecule has 1 unspecified atom stereocenters. The molecule has 0 saturated carbocycles. The Hall–Kier alpha value is -2.05. The first-order valence-corrected chi connectivity index (χ1v) is 7.56. The predicted octanol–water partition coefficient (Wildman–Crippen LogP) is 4.22. The quantitative estimate of drug-likeness (QED) is 0.870. The van der Waals surface area contributed by atoms with Gasteiger partial charge in [0, 0.05) is 28.9 Å². The van der Waals surface area contributed by atoms with E-state index in [4.69, 9.17) is 11.6 Å². The minimum atomic E-state index is -1.05. The van der Waals surface area contributed by atoms with Gasteiger partial charge in [0.15, 0.2) is 11.6 Å². The number of carbonyl (C=O) groups is 1. The fourth-order valence-corrected chi connectivity index (χ4v) is 2.31. The van der Waals surface area contributed by atoms with Crippen molar-refractivity contribution in [3.8, 4) is 0 Å². The van der Waals surface area contributed by atoms with Crippen molar-refractivity contribution in [1.82, 2.24) is 4.90 Å². The summed E-state index contributed by atoms with van der Waals surface area (Å²) in [6, 6.07) is 6.80. The molecule has 0 saturated heterocycles. The standard InChI is InChI=1S/C17H16ClF3N2O/c1-10(17(24)22-11-6-7-15(20)16(21)8-11)23(2)9-12-13(18)4-3-5-14(12)19/h3-8,10H,9H2,1-2H3,(H,22,24). The van der Waals surface area contributed by atoms with Crippen LogP contribution in [0.15, 0.2) is 36.4 Å². The van der Waals surface area contributed by atoms with Gasteiger partial charge in [-0.15, -0.1) is 0 Å². The van der Waals surface area contributed by atoms with E-state index in [9.17, 15) is 18.0 Å². The zero-order chi connectivity index (χ0) is 17.9. The first-order chi connectivity index (χ1) is 11.3. The highest BCUT2D eigenvalue weighted by molar-refractivity contribution is 6.31. The molecule has 3 nitrogen and oxygen atoms in total. The SMILES string of the molecule is CC(C(=O)Nc1ccc(F)c(F)c1)N(C)Cc1c(F)cccc1Cl. The second kappa shape index (κ2) is 7.68. The van der Waals surface area contributed by atoms with Gasteiger partial charge in [-0.3, -0.25) is 9.69 Å². The molecule has 0 aliphatic carbocycles. The number of likely N-dealkylation sites (N-methyl/N-ethyl adjacent to an activating group) is 1. The molecule has 128 valence electrons. The number of anilines is 1. The third kappa shape index (κ3) is 4.27. The van der Waals surface area contributed by atoms with Gasteiger partial charge in [0.25, 0.3) is 0 Å². The normalized spacial score (nSPS) is 12.3. The molecule has 1 amide bonds. The van der Waals surface area contributed by atoms with E-state index in [-0.39, 0.29) is 22.8 Å². The third-order valence-corrected chi connectivity index (χ3v) is 4.05. The smallest absolute Gasteiger partial charge is 0.241 e. The van der Waals surface area contributed by atoms with Crippen LogP contribution in [-0.4, -0.2) is 23.9 Å². The molecule has 0 fully saturated rings. The van der Waals surface area contributed by atoms with Crippen molar-refractivity contribution in [1.29, 1.82) is 0 Å². The second-order valence-corrected chi connectivity index (χ2v) is 5.82. The molecule has 2 rings (SSSR count). The Morgan fingerprint density at radius 2 is 1.88 bits per heavy atom. The maximum atomic E-state index is 13.8. The average Bonchev–Trinajstić information content (AvgIpc) is 2.53. The van der Waals surface area contributed by atoms with Crippen LogP contribution >= 0.6 is 11.6 Å². The van der Waals surface area contributed by atoms with E-state index < -0.39 is 29.4 Å². The van der Waals surface area contributed by atoms with Crippen LogP contribution < -0.4 is 5.32 Å². The number of hydrogen-bond donors (Lipinski definition) is 1. The van der Waals surface area contributed by atoms with Crippen LogP contribution in [0.2, 0.25) is 5.02 Å². The van der Waals surface area contributed by atoms with E-state index in [2.05, 4.69) is 5.32 Å². The molecule has 2 aromatic rings. The molecule has 0 aromatic heterocycles. The van der Waals surface area contributed by atoms with Crippen LogP contribution in [-0.2, 0) is 11.3 Å². The van der Waals surface area contributed by atoms with Crippen molar-refractivity contribution in [2.24, 2.45) is 0 Å². The summed E-state index contributed by atoms with van der Waals surface area (Å²) in [6.07, 6.45) is 0. The number of benzene rings is 2. The summed E-state index contributed by atoms with van der Waals surface area (Å²) in [7, 11) is 1.64. The van der Waals surface area contributed by atoms with Gasteiger partial charge >= 0.3 is 0 Å². The van der Waals surface area contributed by atoms with Crippen molar-refractivity contribution in [3.05, 3.63) is 64.4 Å². The van der Waals surface area contributed by atoms with Crippen molar-refractivity contribution >= 4 is 23.2 Å². The molecule has 1 N–H and O–H groups in total. The highest BCUT2D eigenvalue weighted by Crippen LogP contribution is 2.21. The Balaban J connectivity index is 2.05. The number of nitrogens with zero attached hydrogens (tertiary/aromatic N) is 1. The molecule has 0 heterocycles. The summed E-state index contributed by atoms with van der Waals surface area (Å²) in [6.45, 7) is 1.74. The Morgan fingerprint density at radius 1 is 1.17 bits per heavy atom. The van der Waals surface area contributed by atoms with Crippen LogP contribution in [0.25, 0.3) is 0 Å². The number of carbonyl (C=O) groups excluding carboxylic acids is 1. The van der Waals surface area contributed by atoms with E-state index in [0.717, 1.165) is 12.1 Å². The number of rotatable bonds is 5. The molecule has 7 heteroatoms. The van der Waals surface area contributed by atoms with Crippen LogP contribution in [0, 0.1) is 17.5 Å². The maximum absolute atomic E-state index is 13.8. The molecule has 1 atom stereocenters. The van der Waals surface area contributed by atoms with E-state index in [1.165, 1.54) is 18.2 Å². The number of nitrogens with one attached hydrogen (secondary N) is 1. The zero-order valence-corrected chi connectivity index (χ0v) is 13.9. The van der Waals surface area contributed by atoms with Gasteiger partial charge in [0.1, 0.15) is 5.82 Å².